The summed E-state index contributed by atoms with van der Waals surface area (Å²) in [6.45, 7) is 11.3. The number of piperidine rings is 1. The van der Waals surface area contributed by atoms with Gasteiger partial charge in [-0.25, -0.2) is 4.39 Å². The summed E-state index contributed by atoms with van der Waals surface area (Å²) in [6, 6.07) is 3.63. The van der Waals surface area contributed by atoms with Crippen LogP contribution in [0.5, 0.6) is 0 Å². The molecule has 1 heterocycles. The lowest BCUT2D eigenvalue weighted by Gasteiger charge is -2.37. The normalized spacial score (nSPS) is 17.0. The van der Waals surface area contributed by atoms with E-state index in [1.54, 1.807) is 13.0 Å². The van der Waals surface area contributed by atoms with Gasteiger partial charge in [-0.15, -0.1) is 0 Å². The zero-order valence-corrected chi connectivity index (χ0v) is 17.5. The summed E-state index contributed by atoms with van der Waals surface area (Å²) in [5.74, 6) is 0.0366. The molecule has 27 heavy (non-hydrogen) atoms. The highest BCUT2D eigenvalue weighted by Crippen LogP contribution is 2.45. The Morgan fingerprint density at radius 2 is 1.85 bits per heavy atom. The lowest BCUT2D eigenvalue weighted by molar-refractivity contribution is -0.128. The summed E-state index contributed by atoms with van der Waals surface area (Å²) in [5, 5.41) is 0. The molecule has 3 nitrogen and oxygen atoms in total. The zero-order chi connectivity index (χ0) is 20.2. The number of hydrogen-bond donors (Lipinski definition) is 0. The molecule has 0 radical (unpaired) electrons. The number of Topliss-reactive ketones (excluding diaryl/α,β-unsaturated/α-hetero) is 1. The summed E-state index contributed by atoms with van der Waals surface area (Å²) in [4.78, 5) is 25.5. The van der Waals surface area contributed by atoms with Crippen LogP contribution in [0.1, 0.15) is 77.3 Å². The molecular weight excluding hydrogens is 341 g/mol. The minimum atomic E-state index is -0.444. The van der Waals surface area contributed by atoms with Crippen molar-refractivity contribution in [1.29, 1.82) is 0 Å². The van der Waals surface area contributed by atoms with E-state index in [1.165, 1.54) is 0 Å². The topological polar surface area (TPSA) is 37.4 Å². The number of halogens is 1. The first-order valence-electron chi connectivity index (χ1n) is 10.4. The number of benzene rings is 1. The molecule has 0 spiro atoms. The molecule has 0 aromatic heterocycles. The predicted octanol–water partition coefficient (Wildman–Crippen LogP) is 5.30. The second-order valence-electron chi connectivity index (χ2n) is 7.96. The van der Waals surface area contributed by atoms with Crippen molar-refractivity contribution in [2.24, 2.45) is 11.3 Å². The molecular formula is C23H34FNO2. The van der Waals surface area contributed by atoms with Crippen molar-refractivity contribution >= 4 is 17.8 Å². The second-order valence-corrected chi connectivity index (χ2v) is 7.96. The van der Waals surface area contributed by atoms with Gasteiger partial charge in [-0.2, -0.15) is 0 Å². The van der Waals surface area contributed by atoms with Crippen molar-refractivity contribution in [3.63, 3.8) is 0 Å². The summed E-state index contributed by atoms with van der Waals surface area (Å²) in [6.07, 6.45) is 4.90. The molecule has 1 aliphatic rings. The first kappa shape index (κ1) is 21.6. The largest absolute Gasteiger partial charge is 0.369 e. The van der Waals surface area contributed by atoms with Gasteiger partial charge < -0.3 is 9.69 Å². The van der Waals surface area contributed by atoms with E-state index in [1.807, 2.05) is 6.07 Å². The van der Waals surface area contributed by atoms with E-state index >= 15 is 4.39 Å². The van der Waals surface area contributed by atoms with E-state index in [-0.39, 0.29) is 23.4 Å². The van der Waals surface area contributed by atoms with Gasteiger partial charge in [-0.3, -0.25) is 4.79 Å². The first-order valence-corrected chi connectivity index (χ1v) is 10.4. The van der Waals surface area contributed by atoms with Gasteiger partial charge in [0.25, 0.3) is 0 Å². The quantitative estimate of drug-likeness (QED) is 0.578. The van der Waals surface area contributed by atoms with Gasteiger partial charge in [0, 0.05) is 24.4 Å². The number of aldehydes is 1. The Labute approximate surface area is 163 Å². The standard InChI is InChI=1S/C23H34FNO2/c1-6-19-13-22(25-11-9-18(15-26)10-12-25)21(24)14-20(19)16(4)23(7-2,8-3)17(5)27/h13-16,18H,6-12H2,1-5H3. The molecule has 4 heteroatoms. The number of rotatable bonds is 8. The SMILES string of the molecule is CCc1cc(N2CCC(C=O)CC2)c(F)cc1C(C)C(CC)(CC)C(C)=O. The molecule has 0 aliphatic carbocycles. The van der Waals surface area contributed by atoms with Crippen LogP contribution in [0.2, 0.25) is 0 Å². The molecule has 1 aliphatic heterocycles. The van der Waals surface area contributed by atoms with E-state index in [0.717, 1.165) is 49.5 Å². The average molecular weight is 376 g/mol. The molecule has 1 saturated heterocycles. The van der Waals surface area contributed by atoms with Crippen molar-refractivity contribution in [2.45, 2.75) is 72.6 Å². The number of hydrogen-bond acceptors (Lipinski definition) is 3. The molecule has 0 saturated carbocycles. The van der Waals surface area contributed by atoms with Gasteiger partial charge in [0.05, 0.1) is 5.69 Å². The summed E-state index contributed by atoms with van der Waals surface area (Å²) < 4.78 is 15.1. The first-order chi connectivity index (χ1) is 12.8. The Bertz CT molecular complexity index is 673. The summed E-state index contributed by atoms with van der Waals surface area (Å²) in [7, 11) is 0. The maximum absolute atomic E-state index is 15.1. The van der Waals surface area contributed by atoms with Crippen molar-refractivity contribution in [1.82, 2.24) is 0 Å². The van der Waals surface area contributed by atoms with Crippen LogP contribution in [0.15, 0.2) is 12.1 Å². The Morgan fingerprint density at radius 3 is 2.30 bits per heavy atom. The van der Waals surface area contributed by atoms with Crippen LogP contribution in [0.3, 0.4) is 0 Å². The molecule has 1 unspecified atom stereocenters. The number of anilines is 1. The van der Waals surface area contributed by atoms with Crippen LogP contribution in [0, 0.1) is 17.2 Å². The van der Waals surface area contributed by atoms with Crippen molar-refractivity contribution in [2.75, 3.05) is 18.0 Å². The number of aryl methyl sites for hydroxylation is 1. The van der Waals surface area contributed by atoms with Gasteiger partial charge in [-0.05, 0) is 68.2 Å². The van der Waals surface area contributed by atoms with Gasteiger partial charge in [0.15, 0.2) is 0 Å². The average Bonchev–Trinajstić information content (AvgIpc) is 2.68. The molecule has 2 rings (SSSR count). The van der Waals surface area contributed by atoms with E-state index in [0.29, 0.717) is 18.8 Å². The molecule has 1 fully saturated rings. The molecule has 0 N–H and O–H groups in total. The summed E-state index contributed by atoms with van der Waals surface area (Å²) in [5.41, 5.74) is 2.26. The number of carbonyl (C=O) groups excluding carboxylic acids is 2. The van der Waals surface area contributed by atoms with E-state index < -0.39 is 5.41 Å². The van der Waals surface area contributed by atoms with Gasteiger partial charge in [-0.1, -0.05) is 27.7 Å². The van der Waals surface area contributed by atoms with Crippen molar-refractivity contribution in [3.8, 4) is 0 Å². The highest BCUT2D eigenvalue weighted by Gasteiger charge is 2.39. The highest BCUT2D eigenvalue weighted by molar-refractivity contribution is 5.83. The molecule has 1 atom stereocenters. The number of nitrogens with zero attached hydrogens (tertiary/aromatic N) is 1. The molecule has 1 aromatic rings. The maximum Gasteiger partial charge on any atom is 0.146 e. The minimum absolute atomic E-state index is 0.0238. The van der Waals surface area contributed by atoms with Crippen LogP contribution in [-0.4, -0.2) is 25.2 Å². The maximum atomic E-state index is 15.1. The molecule has 0 bridgehead atoms. The molecule has 0 amide bonds. The molecule has 150 valence electrons. The van der Waals surface area contributed by atoms with Gasteiger partial charge >= 0.3 is 0 Å². The second kappa shape index (κ2) is 8.99. The van der Waals surface area contributed by atoms with Crippen LogP contribution in [0.25, 0.3) is 0 Å². The zero-order valence-electron chi connectivity index (χ0n) is 17.5. The molecule has 1 aromatic carbocycles. The fraction of sp³-hybridized carbons (Fsp3) is 0.652. The van der Waals surface area contributed by atoms with Crippen molar-refractivity contribution in [3.05, 3.63) is 29.1 Å². The Morgan fingerprint density at radius 1 is 1.26 bits per heavy atom. The lowest BCUT2D eigenvalue weighted by atomic mass is 9.66. The third kappa shape index (κ3) is 4.09. The highest BCUT2D eigenvalue weighted by atomic mass is 19.1. The van der Waals surface area contributed by atoms with Gasteiger partial charge in [0.1, 0.15) is 17.9 Å². The predicted molar refractivity (Wildman–Crippen MR) is 109 cm³/mol. The fourth-order valence-electron chi connectivity index (χ4n) is 4.81. The minimum Gasteiger partial charge on any atom is -0.369 e. The third-order valence-electron chi connectivity index (χ3n) is 6.92. The summed E-state index contributed by atoms with van der Waals surface area (Å²) >= 11 is 0. The number of carbonyl (C=O) groups is 2. The van der Waals surface area contributed by atoms with E-state index in [4.69, 9.17) is 0 Å². The smallest absolute Gasteiger partial charge is 0.146 e. The Hall–Kier alpha value is -1.71. The van der Waals surface area contributed by atoms with Gasteiger partial charge in [0.2, 0.25) is 0 Å². The Kier molecular flexibility index (Phi) is 7.19. The lowest BCUT2D eigenvalue weighted by Crippen LogP contribution is -2.35. The van der Waals surface area contributed by atoms with Crippen molar-refractivity contribution < 1.29 is 14.0 Å². The van der Waals surface area contributed by atoms with E-state index in [2.05, 4.69) is 32.6 Å². The Balaban J connectivity index is 2.41. The monoisotopic (exact) mass is 375 g/mol. The van der Waals surface area contributed by atoms with Crippen LogP contribution < -0.4 is 4.90 Å². The number of ketones is 1. The fourth-order valence-corrected chi connectivity index (χ4v) is 4.81. The van der Waals surface area contributed by atoms with E-state index in [9.17, 15) is 9.59 Å². The van der Waals surface area contributed by atoms with Crippen LogP contribution in [0.4, 0.5) is 10.1 Å². The van der Waals surface area contributed by atoms with Crippen LogP contribution in [-0.2, 0) is 16.0 Å². The third-order valence-corrected chi connectivity index (χ3v) is 6.92. The van der Waals surface area contributed by atoms with Crippen LogP contribution >= 0.6 is 0 Å².